The number of halogens is 3. The zero-order chi connectivity index (χ0) is 17.9. The zero-order valence-electron chi connectivity index (χ0n) is 13.4. The summed E-state index contributed by atoms with van der Waals surface area (Å²) in [6.07, 6.45) is 1.71. The largest absolute Gasteiger partial charge is 0.381 e. The van der Waals surface area contributed by atoms with Crippen molar-refractivity contribution in [1.29, 1.82) is 0 Å². The molecule has 1 saturated heterocycles. The quantitative estimate of drug-likeness (QED) is 0.701. The van der Waals surface area contributed by atoms with Gasteiger partial charge in [-0.2, -0.15) is 0 Å². The minimum atomic E-state index is -0.214. The van der Waals surface area contributed by atoms with Crippen LogP contribution < -0.4 is 5.32 Å². The molecule has 2 heterocycles. The first-order valence-electron chi connectivity index (χ1n) is 7.94. The topological polar surface area (TPSA) is 51.2 Å². The van der Waals surface area contributed by atoms with E-state index in [4.69, 9.17) is 27.9 Å². The fourth-order valence-electron chi connectivity index (χ4n) is 3.08. The third-order valence-corrected chi connectivity index (χ3v) is 5.43. The van der Waals surface area contributed by atoms with Gasteiger partial charge < -0.3 is 10.1 Å². The molecule has 2 aromatic rings. The van der Waals surface area contributed by atoms with Crippen molar-refractivity contribution in [2.24, 2.45) is 0 Å². The van der Waals surface area contributed by atoms with E-state index in [-0.39, 0.29) is 21.6 Å². The number of ether oxygens (including phenoxy) is 1. The molecule has 1 aromatic carbocycles. The van der Waals surface area contributed by atoms with E-state index in [1.165, 1.54) is 17.7 Å². The fraction of sp³-hybridized carbons (Fsp3) is 0.333. The highest BCUT2D eigenvalue weighted by Gasteiger charge is 2.35. The zero-order valence-corrected chi connectivity index (χ0v) is 16.5. The number of benzene rings is 1. The normalized spacial score (nSPS) is 16.4. The van der Waals surface area contributed by atoms with Gasteiger partial charge in [0.15, 0.2) is 0 Å². The lowest BCUT2D eigenvalue weighted by Crippen LogP contribution is -2.44. The number of hydrogen-bond donors (Lipinski definition) is 1. The van der Waals surface area contributed by atoms with E-state index in [2.05, 4.69) is 38.4 Å². The van der Waals surface area contributed by atoms with Gasteiger partial charge in [0.05, 0.1) is 0 Å². The maximum absolute atomic E-state index is 12.5. The Hall–Kier alpha value is -1.14. The summed E-state index contributed by atoms with van der Waals surface area (Å²) in [5.74, 6) is -0.214. The summed E-state index contributed by atoms with van der Waals surface area (Å²) < 4.78 is 6.56. The number of carbonyl (C=O) groups excluding carboxylic acids is 1. The highest BCUT2D eigenvalue weighted by Crippen LogP contribution is 2.35. The molecule has 25 heavy (non-hydrogen) atoms. The van der Waals surface area contributed by atoms with E-state index in [1.807, 2.05) is 12.1 Å². The Bertz CT molecular complexity index is 742. The Morgan fingerprint density at radius 2 is 1.76 bits per heavy atom. The maximum atomic E-state index is 12.5. The van der Waals surface area contributed by atoms with E-state index in [0.717, 1.165) is 17.3 Å². The predicted octanol–water partition coefficient (Wildman–Crippen LogP) is 4.63. The van der Waals surface area contributed by atoms with Crippen LogP contribution in [0.2, 0.25) is 10.3 Å². The van der Waals surface area contributed by atoms with E-state index >= 15 is 0 Å². The molecule has 1 aromatic heterocycles. The number of rotatable bonds is 4. The van der Waals surface area contributed by atoms with Crippen LogP contribution in [0, 0.1) is 0 Å². The van der Waals surface area contributed by atoms with Crippen LogP contribution in [0.4, 0.5) is 0 Å². The van der Waals surface area contributed by atoms with Crippen LogP contribution in [0.15, 0.2) is 40.9 Å². The van der Waals surface area contributed by atoms with E-state index in [9.17, 15) is 4.79 Å². The lowest BCUT2D eigenvalue weighted by atomic mass is 9.74. The van der Waals surface area contributed by atoms with Gasteiger partial charge in [-0.3, -0.25) is 4.79 Å². The molecule has 1 aliphatic heterocycles. The molecule has 4 nitrogen and oxygen atoms in total. The van der Waals surface area contributed by atoms with Gasteiger partial charge in [0.25, 0.3) is 5.91 Å². The van der Waals surface area contributed by atoms with Crippen LogP contribution in [0.5, 0.6) is 0 Å². The van der Waals surface area contributed by atoms with Gasteiger partial charge >= 0.3 is 0 Å². The van der Waals surface area contributed by atoms with Gasteiger partial charge in [-0.1, -0.05) is 51.3 Å². The van der Waals surface area contributed by atoms with Crippen molar-refractivity contribution in [1.82, 2.24) is 10.3 Å². The van der Waals surface area contributed by atoms with Crippen LogP contribution >= 0.6 is 39.1 Å². The molecule has 7 heteroatoms. The van der Waals surface area contributed by atoms with Crippen molar-refractivity contribution in [2.45, 2.75) is 18.3 Å². The summed E-state index contributed by atoms with van der Waals surface area (Å²) in [7, 11) is 0. The van der Waals surface area contributed by atoms with Gasteiger partial charge in [0.1, 0.15) is 10.3 Å². The standard InChI is InChI=1S/C18H17BrCl2N2O2/c19-14-3-1-13(2-4-14)18(5-7-25-8-6-18)11-22-17(24)12-9-15(20)23-16(21)10-12/h1-4,9-10H,5-8,11H2,(H,22,24). The summed E-state index contributed by atoms with van der Waals surface area (Å²) >= 11 is 15.2. The molecule has 1 aliphatic rings. The van der Waals surface area contributed by atoms with E-state index in [0.29, 0.717) is 25.3 Å². The summed E-state index contributed by atoms with van der Waals surface area (Å²) in [6.45, 7) is 1.88. The van der Waals surface area contributed by atoms with Crippen molar-refractivity contribution < 1.29 is 9.53 Å². The third kappa shape index (κ3) is 4.53. The molecular weight excluding hydrogens is 427 g/mol. The molecule has 132 valence electrons. The number of nitrogens with one attached hydrogen (secondary N) is 1. The number of nitrogens with zero attached hydrogens (tertiary/aromatic N) is 1. The SMILES string of the molecule is O=C(NCC1(c2ccc(Br)cc2)CCOCC1)c1cc(Cl)nc(Cl)c1. The Kier molecular flexibility index (Phi) is 6.00. The number of carbonyl (C=O) groups is 1. The smallest absolute Gasteiger partial charge is 0.251 e. The van der Waals surface area contributed by atoms with Crippen molar-refractivity contribution in [2.75, 3.05) is 19.8 Å². The number of hydrogen-bond acceptors (Lipinski definition) is 3. The highest BCUT2D eigenvalue weighted by atomic mass is 79.9. The summed E-state index contributed by atoms with van der Waals surface area (Å²) in [4.78, 5) is 16.4. The average Bonchev–Trinajstić information content (AvgIpc) is 2.60. The summed E-state index contributed by atoms with van der Waals surface area (Å²) in [6, 6.07) is 11.3. The molecule has 0 radical (unpaired) electrons. The van der Waals surface area contributed by atoms with Crippen molar-refractivity contribution in [3.05, 3.63) is 62.3 Å². The first kappa shape index (κ1) is 18.6. The summed E-state index contributed by atoms with van der Waals surface area (Å²) in [5, 5.41) is 3.43. The molecule has 3 rings (SSSR count). The van der Waals surface area contributed by atoms with Crippen molar-refractivity contribution in [3.63, 3.8) is 0 Å². The molecular formula is C18H17BrCl2N2O2. The highest BCUT2D eigenvalue weighted by molar-refractivity contribution is 9.10. The molecule has 0 unspecified atom stereocenters. The first-order valence-corrected chi connectivity index (χ1v) is 9.48. The van der Waals surface area contributed by atoms with E-state index < -0.39 is 0 Å². The van der Waals surface area contributed by atoms with E-state index in [1.54, 1.807) is 0 Å². The molecule has 1 N–H and O–H groups in total. The predicted molar refractivity (Wildman–Crippen MR) is 102 cm³/mol. The average molecular weight is 444 g/mol. The maximum Gasteiger partial charge on any atom is 0.251 e. The second-order valence-electron chi connectivity index (χ2n) is 6.08. The van der Waals surface area contributed by atoms with Gasteiger partial charge in [-0.05, 0) is 42.7 Å². The number of pyridine rings is 1. The molecule has 1 amide bonds. The molecule has 0 saturated carbocycles. The van der Waals surface area contributed by atoms with Crippen LogP contribution in [-0.2, 0) is 10.2 Å². The molecule has 0 spiro atoms. The molecule has 0 aliphatic carbocycles. The monoisotopic (exact) mass is 442 g/mol. The minimum absolute atomic E-state index is 0.144. The number of amides is 1. The number of aromatic nitrogens is 1. The Morgan fingerprint density at radius 3 is 2.36 bits per heavy atom. The molecule has 1 fully saturated rings. The first-order chi connectivity index (χ1) is 12.0. The fourth-order valence-corrected chi connectivity index (χ4v) is 3.81. The van der Waals surface area contributed by atoms with Crippen LogP contribution in [-0.4, -0.2) is 30.6 Å². The van der Waals surface area contributed by atoms with Gasteiger partial charge in [0, 0.05) is 35.2 Å². The van der Waals surface area contributed by atoms with Gasteiger partial charge in [-0.25, -0.2) is 4.98 Å². The Morgan fingerprint density at radius 1 is 1.16 bits per heavy atom. The summed E-state index contributed by atoms with van der Waals surface area (Å²) in [5.41, 5.74) is 1.46. The Labute approximate surface area is 165 Å². The van der Waals surface area contributed by atoms with Crippen LogP contribution in [0.1, 0.15) is 28.8 Å². The second-order valence-corrected chi connectivity index (χ2v) is 7.77. The van der Waals surface area contributed by atoms with Gasteiger partial charge in [-0.15, -0.1) is 0 Å². The molecule has 0 atom stereocenters. The van der Waals surface area contributed by atoms with Crippen LogP contribution in [0.25, 0.3) is 0 Å². The van der Waals surface area contributed by atoms with Crippen LogP contribution in [0.3, 0.4) is 0 Å². The van der Waals surface area contributed by atoms with Crippen molar-refractivity contribution in [3.8, 4) is 0 Å². The third-order valence-electron chi connectivity index (χ3n) is 4.52. The lowest BCUT2D eigenvalue weighted by Gasteiger charge is -2.38. The lowest BCUT2D eigenvalue weighted by molar-refractivity contribution is 0.0487. The minimum Gasteiger partial charge on any atom is -0.381 e. The second kappa shape index (κ2) is 8.04. The van der Waals surface area contributed by atoms with Crippen molar-refractivity contribution >= 4 is 45.0 Å². The molecule has 0 bridgehead atoms. The Balaban J connectivity index is 1.79. The van der Waals surface area contributed by atoms with Gasteiger partial charge in [0.2, 0.25) is 0 Å².